The zero-order chi connectivity index (χ0) is 20.6. The Balaban J connectivity index is 1.73. The number of benzene rings is 1. The summed E-state index contributed by atoms with van der Waals surface area (Å²) in [5, 5.41) is 2.89. The summed E-state index contributed by atoms with van der Waals surface area (Å²) in [4.78, 5) is 27.2. The number of rotatable bonds is 8. The number of carbonyl (C=O) groups excluding carboxylic acids is 1. The van der Waals surface area contributed by atoms with Crippen LogP contribution in [0.2, 0.25) is 0 Å². The van der Waals surface area contributed by atoms with Crippen LogP contribution >= 0.6 is 0 Å². The van der Waals surface area contributed by atoms with Gasteiger partial charge in [-0.1, -0.05) is 6.42 Å². The van der Waals surface area contributed by atoms with Crippen molar-refractivity contribution < 1.29 is 14.3 Å². The standard InChI is InChI=1S/C22H29N3O4/c1-3-29-19-9-7-17(8-10-19)23-22(27)16-25-15-21(28-2)20(26)13-18(25)14-24-11-5-4-6-12-24/h7-10,13,15H,3-6,11-12,14,16H2,1-2H3,(H,23,27). The van der Waals surface area contributed by atoms with Gasteiger partial charge < -0.3 is 19.4 Å². The van der Waals surface area contributed by atoms with E-state index in [0.717, 1.165) is 24.5 Å². The molecule has 0 saturated carbocycles. The zero-order valence-electron chi connectivity index (χ0n) is 17.1. The second-order valence-corrected chi connectivity index (χ2v) is 7.17. The minimum atomic E-state index is -0.167. The van der Waals surface area contributed by atoms with Crippen molar-refractivity contribution in [1.29, 1.82) is 0 Å². The predicted octanol–water partition coefficient (Wildman–Crippen LogP) is 2.88. The number of hydrogen-bond acceptors (Lipinski definition) is 5. The Labute approximate surface area is 171 Å². The van der Waals surface area contributed by atoms with Crippen LogP contribution in [0.3, 0.4) is 0 Å². The van der Waals surface area contributed by atoms with Gasteiger partial charge >= 0.3 is 0 Å². The van der Waals surface area contributed by atoms with Crippen LogP contribution in [-0.2, 0) is 17.9 Å². The highest BCUT2D eigenvalue weighted by molar-refractivity contribution is 5.90. The lowest BCUT2D eigenvalue weighted by Gasteiger charge is -2.27. The molecule has 1 fully saturated rings. The van der Waals surface area contributed by atoms with Crippen molar-refractivity contribution in [2.75, 3.05) is 32.1 Å². The summed E-state index contributed by atoms with van der Waals surface area (Å²) in [5.74, 6) is 0.834. The molecule has 1 N–H and O–H groups in total. The SMILES string of the molecule is CCOc1ccc(NC(=O)Cn2cc(OC)c(=O)cc2CN2CCCCC2)cc1. The number of piperidine rings is 1. The third kappa shape index (κ3) is 5.84. The van der Waals surface area contributed by atoms with Gasteiger partial charge in [-0.3, -0.25) is 14.5 Å². The Kier molecular flexibility index (Phi) is 7.30. The summed E-state index contributed by atoms with van der Waals surface area (Å²) in [6, 6.07) is 8.84. The molecular weight excluding hydrogens is 370 g/mol. The molecule has 0 unspecified atom stereocenters. The van der Waals surface area contributed by atoms with Crippen molar-refractivity contribution in [3.63, 3.8) is 0 Å². The Morgan fingerprint density at radius 1 is 1.14 bits per heavy atom. The maximum atomic E-state index is 12.6. The van der Waals surface area contributed by atoms with Gasteiger partial charge in [-0.05, 0) is 57.1 Å². The molecule has 1 aliphatic rings. The van der Waals surface area contributed by atoms with E-state index in [9.17, 15) is 9.59 Å². The molecule has 1 amide bonds. The van der Waals surface area contributed by atoms with Crippen LogP contribution < -0.4 is 20.2 Å². The van der Waals surface area contributed by atoms with Gasteiger partial charge in [0.05, 0.1) is 19.9 Å². The monoisotopic (exact) mass is 399 g/mol. The first kappa shape index (κ1) is 20.9. The molecule has 2 aromatic rings. The van der Waals surface area contributed by atoms with Crippen LogP contribution in [0.4, 0.5) is 5.69 Å². The van der Waals surface area contributed by atoms with Gasteiger partial charge in [0.1, 0.15) is 12.3 Å². The molecule has 7 heteroatoms. The molecule has 0 aliphatic carbocycles. The molecule has 1 saturated heterocycles. The number of nitrogens with zero attached hydrogens (tertiary/aromatic N) is 2. The number of methoxy groups -OCH3 is 1. The van der Waals surface area contributed by atoms with E-state index in [1.807, 2.05) is 31.2 Å². The predicted molar refractivity (Wildman–Crippen MR) is 113 cm³/mol. The molecule has 3 rings (SSSR count). The number of anilines is 1. The second-order valence-electron chi connectivity index (χ2n) is 7.17. The average Bonchev–Trinajstić information content (AvgIpc) is 2.72. The molecule has 7 nitrogen and oxygen atoms in total. The lowest BCUT2D eigenvalue weighted by atomic mass is 10.1. The molecule has 2 heterocycles. The highest BCUT2D eigenvalue weighted by Gasteiger charge is 2.16. The van der Waals surface area contributed by atoms with E-state index in [4.69, 9.17) is 9.47 Å². The van der Waals surface area contributed by atoms with E-state index < -0.39 is 0 Å². The minimum Gasteiger partial charge on any atom is -0.494 e. The van der Waals surface area contributed by atoms with E-state index in [-0.39, 0.29) is 23.6 Å². The van der Waals surface area contributed by atoms with Crippen LogP contribution in [0.25, 0.3) is 0 Å². The molecule has 29 heavy (non-hydrogen) atoms. The van der Waals surface area contributed by atoms with E-state index in [1.165, 1.54) is 26.4 Å². The lowest BCUT2D eigenvalue weighted by molar-refractivity contribution is -0.116. The van der Waals surface area contributed by atoms with E-state index in [2.05, 4.69) is 10.2 Å². The van der Waals surface area contributed by atoms with E-state index in [0.29, 0.717) is 18.8 Å². The van der Waals surface area contributed by atoms with Gasteiger partial charge in [-0.15, -0.1) is 0 Å². The van der Waals surface area contributed by atoms with Gasteiger partial charge in [0.2, 0.25) is 11.3 Å². The Morgan fingerprint density at radius 2 is 1.86 bits per heavy atom. The summed E-state index contributed by atoms with van der Waals surface area (Å²) in [5.41, 5.74) is 1.35. The van der Waals surface area contributed by atoms with Gasteiger partial charge in [-0.25, -0.2) is 0 Å². The molecule has 1 aromatic heterocycles. The fourth-order valence-corrected chi connectivity index (χ4v) is 3.53. The highest BCUT2D eigenvalue weighted by atomic mass is 16.5. The summed E-state index contributed by atoms with van der Waals surface area (Å²) in [6.45, 7) is 5.30. The number of ether oxygens (including phenoxy) is 2. The van der Waals surface area contributed by atoms with Crippen LogP contribution in [0.5, 0.6) is 11.5 Å². The van der Waals surface area contributed by atoms with E-state index in [1.54, 1.807) is 16.8 Å². The summed E-state index contributed by atoms with van der Waals surface area (Å²) in [7, 11) is 1.46. The van der Waals surface area contributed by atoms with Crippen molar-refractivity contribution in [3.05, 3.63) is 52.4 Å². The molecule has 0 radical (unpaired) electrons. The fourth-order valence-electron chi connectivity index (χ4n) is 3.53. The fraction of sp³-hybridized carbons (Fsp3) is 0.455. The number of hydrogen-bond donors (Lipinski definition) is 1. The summed E-state index contributed by atoms with van der Waals surface area (Å²) < 4.78 is 12.4. The van der Waals surface area contributed by atoms with Crippen molar-refractivity contribution in [2.24, 2.45) is 0 Å². The first-order valence-corrected chi connectivity index (χ1v) is 10.1. The van der Waals surface area contributed by atoms with Gasteiger partial charge in [0.15, 0.2) is 5.75 Å². The topological polar surface area (TPSA) is 72.8 Å². The molecule has 1 aliphatic heterocycles. The lowest BCUT2D eigenvalue weighted by Crippen LogP contribution is -2.32. The quantitative estimate of drug-likeness (QED) is 0.739. The first-order valence-electron chi connectivity index (χ1n) is 10.1. The summed E-state index contributed by atoms with van der Waals surface area (Å²) >= 11 is 0. The highest BCUT2D eigenvalue weighted by Crippen LogP contribution is 2.17. The molecule has 0 atom stereocenters. The maximum absolute atomic E-state index is 12.6. The number of carbonyl (C=O) groups is 1. The first-order chi connectivity index (χ1) is 14.1. The van der Waals surface area contributed by atoms with Gasteiger partial charge in [0.25, 0.3) is 0 Å². The van der Waals surface area contributed by atoms with Gasteiger partial charge in [-0.2, -0.15) is 0 Å². The third-order valence-corrected chi connectivity index (χ3v) is 5.00. The number of pyridine rings is 1. The maximum Gasteiger partial charge on any atom is 0.244 e. The molecule has 0 bridgehead atoms. The van der Waals surface area contributed by atoms with Crippen LogP contribution in [0, 0.1) is 0 Å². The second kappa shape index (κ2) is 10.1. The third-order valence-electron chi connectivity index (χ3n) is 5.00. The zero-order valence-corrected chi connectivity index (χ0v) is 17.1. The normalized spacial score (nSPS) is 14.4. The molecule has 0 spiro atoms. The Hall–Kier alpha value is -2.80. The molecule has 156 valence electrons. The number of nitrogens with one attached hydrogen (secondary N) is 1. The van der Waals surface area contributed by atoms with Crippen molar-refractivity contribution in [2.45, 2.75) is 39.3 Å². The number of amides is 1. The molecule has 1 aromatic carbocycles. The largest absolute Gasteiger partial charge is 0.494 e. The average molecular weight is 399 g/mol. The number of likely N-dealkylation sites (tertiary alicyclic amines) is 1. The van der Waals surface area contributed by atoms with Gasteiger partial charge in [0, 0.05) is 24.0 Å². The number of aromatic nitrogens is 1. The molecular formula is C22H29N3O4. The van der Waals surface area contributed by atoms with Crippen molar-refractivity contribution in [3.8, 4) is 11.5 Å². The minimum absolute atomic E-state index is 0.104. The van der Waals surface area contributed by atoms with Crippen molar-refractivity contribution >= 4 is 11.6 Å². The van der Waals surface area contributed by atoms with Crippen LogP contribution in [0.15, 0.2) is 41.3 Å². The Bertz CT molecular complexity index is 871. The smallest absolute Gasteiger partial charge is 0.244 e. The van der Waals surface area contributed by atoms with Crippen molar-refractivity contribution in [1.82, 2.24) is 9.47 Å². The van der Waals surface area contributed by atoms with Crippen LogP contribution in [-0.4, -0.2) is 42.2 Å². The Morgan fingerprint density at radius 3 is 2.52 bits per heavy atom. The van der Waals surface area contributed by atoms with Crippen LogP contribution in [0.1, 0.15) is 31.9 Å². The summed E-state index contributed by atoms with van der Waals surface area (Å²) in [6.07, 6.45) is 5.20. The van der Waals surface area contributed by atoms with E-state index >= 15 is 0 Å².